The van der Waals surface area contributed by atoms with Crippen LogP contribution in [-0.4, -0.2) is 59.8 Å². The molecule has 0 spiro atoms. The second-order valence-corrected chi connectivity index (χ2v) is 9.93. The molecule has 27 heavy (non-hydrogen) atoms. The number of halogens is 1. The number of fused-ring (bicyclic) bond motifs is 3. The maximum atomic E-state index is 6.09. The molecular weight excluding hydrogens is 424 g/mol. The molecule has 3 atom stereocenters. The molecule has 5 heterocycles. The zero-order chi connectivity index (χ0) is 18.2. The van der Waals surface area contributed by atoms with Crippen molar-refractivity contribution >= 4 is 43.3 Å². The lowest BCUT2D eigenvalue weighted by Crippen LogP contribution is -2.44. The molecule has 7 heteroatoms. The van der Waals surface area contributed by atoms with Crippen molar-refractivity contribution in [3.8, 4) is 0 Å². The van der Waals surface area contributed by atoms with Gasteiger partial charge < -0.3 is 14.5 Å². The first-order chi connectivity index (χ1) is 13.3. The molecule has 146 valence electrons. The fourth-order valence-corrected chi connectivity index (χ4v) is 6.78. The van der Waals surface area contributed by atoms with Gasteiger partial charge in [0.1, 0.15) is 17.0 Å². The minimum absolute atomic E-state index is 0.598. The molecule has 0 saturated carbocycles. The smallest absolute Gasteiger partial charge is 0.142 e. The molecule has 2 bridgehead atoms. The van der Waals surface area contributed by atoms with Gasteiger partial charge >= 0.3 is 0 Å². The summed E-state index contributed by atoms with van der Waals surface area (Å²) < 4.78 is 7.22. The standard InChI is InChI=1S/C20H27BrN4OS/c21-17-12-27-20-18(17)19(22-13-23-20)25-15-3-4-16(25)10-14(9-15)11-26-8-7-24-5-1-2-6-24/h12-16H,1-11H2/t14?,15-,16+. The number of rotatable bonds is 6. The van der Waals surface area contributed by atoms with E-state index in [4.69, 9.17) is 9.72 Å². The molecule has 5 rings (SSSR count). The minimum atomic E-state index is 0.598. The molecule has 2 aromatic rings. The second-order valence-electron chi connectivity index (χ2n) is 8.21. The fourth-order valence-electron chi connectivity index (χ4n) is 5.24. The Bertz CT molecular complexity index is 779. The predicted molar refractivity (Wildman–Crippen MR) is 114 cm³/mol. The number of piperidine rings is 1. The van der Waals surface area contributed by atoms with Gasteiger partial charge in [0.2, 0.25) is 0 Å². The highest BCUT2D eigenvalue weighted by molar-refractivity contribution is 9.10. The van der Waals surface area contributed by atoms with Crippen LogP contribution in [-0.2, 0) is 4.74 Å². The normalized spacial score (nSPS) is 28.5. The highest BCUT2D eigenvalue weighted by Crippen LogP contribution is 2.45. The van der Waals surface area contributed by atoms with E-state index in [9.17, 15) is 0 Å². The summed E-state index contributed by atoms with van der Waals surface area (Å²) in [5.41, 5.74) is 0. The van der Waals surface area contributed by atoms with E-state index in [-0.39, 0.29) is 0 Å². The summed E-state index contributed by atoms with van der Waals surface area (Å²) in [6, 6.07) is 1.20. The molecule has 5 nitrogen and oxygen atoms in total. The maximum Gasteiger partial charge on any atom is 0.142 e. The van der Waals surface area contributed by atoms with Crippen LogP contribution in [0.4, 0.5) is 5.82 Å². The zero-order valence-corrected chi connectivity index (χ0v) is 18.1. The van der Waals surface area contributed by atoms with Crippen molar-refractivity contribution in [1.29, 1.82) is 0 Å². The highest BCUT2D eigenvalue weighted by atomic mass is 79.9. The summed E-state index contributed by atoms with van der Waals surface area (Å²) in [6.45, 7) is 5.45. The Morgan fingerprint density at radius 2 is 1.93 bits per heavy atom. The van der Waals surface area contributed by atoms with E-state index in [1.54, 1.807) is 17.7 Å². The quantitative estimate of drug-likeness (QED) is 0.613. The van der Waals surface area contributed by atoms with Crippen LogP contribution in [0.25, 0.3) is 10.2 Å². The first-order valence-corrected chi connectivity index (χ1v) is 11.9. The number of hydrogen-bond acceptors (Lipinski definition) is 6. The molecule has 0 N–H and O–H groups in total. The molecule has 3 fully saturated rings. The van der Waals surface area contributed by atoms with Gasteiger partial charge in [-0.2, -0.15) is 0 Å². The number of ether oxygens (including phenoxy) is 1. The Hall–Kier alpha value is -0.760. The van der Waals surface area contributed by atoms with Gasteiger partial charge in [-0.1, -0.05) is 0 Å². The molecule has 1 unspecified atom stereocenters. The Balaban J connectivity index is 1.22. The van der Waals surface area contributed by atoms with Crippen LogP contribution in [0.3, 0.4) is 0 Å². The summed E-state index contributed by atoms with van der Waals surface area (Å²) in [5.74, 6) is 1.83. The van der Waals surface area contributed by atoms with E-state index >= 15 is 0 Å². The Labute approximate surface area is 173 Å². The number of likely N-dealkylation sites (tertiary alicyclic amines) is 1. The predicted octanol–water partition coefficient (Wildman–Crippen LogP) is 4.31. The SMILES string of the molecule is Brc1csc2ncnc(N3[C@@H]4CC[C@H]3CC(COCCN3CCCC3)C4)c12. The van der Waals surface area contributed by atoms with Crippen molar-refractivity contribution in [1.82, 2.24) is 14.9 Å². The third kappa shape index (κ3) is 3.63. The van der Waals surface area contributed by atoms with Gasteiger partial charge in [-0.05, 0) is 73.5 Å². The van der Waals surface area contributed by atoms with Crippen molar-refractivity contribution in [2.75, 3.05) is 37.7 Å². The fraction of sp³-hybridized carbons (Fsp3) is 0.700. The van der Waals surface area contributed by atoms with Crippen LogP contribution in [0.15, 0.2) is 16.2 Å². The van der Waals surface area contributed by atoms with Crippen molar-refractivity contribution < 1.29 is 4.74 Å². The Morgan fingerprint density at radius 1 is 1.15 bits per heavy atom. The van der Waals surface area contributed by atoms with Crippen LogP contribution in [0.5, 0.6) is 0 Å². The summed E-state index contributed by atoms with van der Waals surface area (Å²) in [5, 5.41) is 3.32. The second kappa shape index (κ2) is 7.93. The molecule has 3 aliphatic heterocycles. The van der Waals surface area contributed by atoms with Crippen molar-refractivity contribution in [3.05, 3.63) is 16.2 Å². The van der Waals surface area contributed by atoms with Crippen LogP contribution in [0, 0.1) is 5.92 Å². The molecule has 2 aromatic heterocycles. The largest absolute Gasteiger partial charge is 0.380 e. The number of nitrogens with zero attached hydrogens (tertiary/aromatic N) is 4. The Kier molecular flexibility index (Phi) is 5.37. The van der Waals surface area contributed by atoms with Crippen molar-refractivity contribution in [2.24, 2.45) is 5.92 Å². The van der Waals surface area contributed by atoms with Gasteiger partial charge in [0.25, 0.3) is 0 Å². The number of anilines is 1. The molecule has 0 amide bonds. The van der Waals surface area contributed by atoms with Crippen molar-refractivity contribution in [3.63, 3.8) is 0 Å². The van der Waals surface area contributed by atoms with Crippen LogP contribution in [0.1, 0.15) is 38.5 Å². The third-order valence-corrected chi connectivity index (χ3v) is 8.30. The van der Waals surface area contributed by atoms with E-state index < -0.39 is 0 Å². The molecule has 0 radical (unpaired) electrons. The molecule has 3 saturated heterocycles. The highest BCUT2D eigenvalue weighted by Gasteiger charge is 2.42. The van der Waals surface area contributed by atoms with Gasteiger partial charge in [-0.25, -0.2) is 9.97 Å². The van der Waals surface area contributed by atoms with E-state index in [0.717, 1.165) is 34.9 Å². The summed E-state index contributed by atoms with van der Waals surface area (Å²) >= 11 is 5.40. The van der Waals surface area contributed by atoms with Gasteiger partial charge in [-0.15, -0.1) is 11.3 Å². The average molecular weight is 451 g/mol. The van der Waals surface area contributed by atoms with Gasteiger partial charge in [0.15, 0.2) is 0 Å². The zero-order valence-electron chi connectivity index (χ0n) is 15.6. The lowest BCUT2D eigenvalue weighted by molar-refractivity contribution is 0.0700. The summed E-state index contributed by atoms with van der Waals surface area (Å²) in [6.07, 6.45) is 9.47. The monoisotopic (exact) mass is 450 g/mol. The topological polar surface area (TPSA) is 41.5 Å². The van der Waals surface area contributed by atoms with Gasteiger partial charge in [0, 0.05) is 35.1 Å². The van der Waals surface area contributed by atoms with Crippen LogP contribution in [0.2, 0.25) is 0 Å². The molecule has 0 aromatic carbocycles. The summed E-state index contributed by atoms with van der Waals surface area (Å²) in [7, 11) is 0. The summed E-state index contributed by atoms with van der Waals surface area (Å²) in [4.78, 5) is 15.4. The number of aromatic nitrogens is 2. The third-order valence-electron chi connectivity index (χ3n) is 6.48. The van der Waals surface area contributed by atoms with Gasteiger partial charge in [-0.3, -0.25) is 0 Å². The lowest BCUT2D eigenvalue weighted by atomic mass is 9.91. The molecule has 0 aliphatic carbocycles. The van der Waals surface area contributed by atoms with Crippen LogP contribution < -0.4 is 4.90 Å². The van der Waals surface area contributed by atoms with E-state index in [1.807, 2.05) is 0 Å². The molecule has 3 aliphatic rings. The average Bonchev–Trinajstić information content (AvgIpc) is 3.38. The Morgan fingerprint density at radius 3 is 2.70 bits per heavy atom. The number of thiophene rings is 1. The first-order valence-electron chi connectivity index (χ1n) is 10.3. The lowest BCUT2D eigenvalue weighted by Gasteiger charge is -2.40. The first kappa shape index (κ1) is 18.3. The molecular formula is C20H27BrN4OS. The van der Waals surface area contributed by atoms with Crippen LogP contribution >= 0.6 is 27.3 Å². The maximum absolute atomic E-state index is 6.09. The number of hydrogen-bond donors (Lipinski definition) is 0. The van der Waals surface area contributed by atoms with E-state index in [0.29, 0.717) is 18.0 Å². The van der Waals surface area contributed by atoms with E-state index in [1.165, 1.54) is 57.0 Å². The van der Waals surface area contributed by atoms with Crippen molar-refractivity contribution in [2.45, 2.75) is 50.6 Å². The van der Waals surface area contributed by atoms with Gasteiger partial charge in [0.05, 0.1) is 12.0 Å². The van der Waals surface area contributed by atoms with E-state index in [2.05, 4.69) is 36.1 Å². The minimum Gasteiger partial charge on any atom is -0.380 e.